The molecule has 0 aliphatic carbocycles. The zero-order chi connectivity index (χ0) is 22.9. The van der Waals surface area contributed by atoms with E-state index in [1.54, 1.807) is 14.2 Å². The first-order chi connectivity index (χ1) is 16.1. The van der Waals surface area contributed by atoms with Gasteiger partial charge in [0.05, 0.1) is 32.6 Å². The van der Waals surface area contributed by atoms with Crippen LogP contribution in [0.3, 0.4) is 0 Å². The van der Waals surface area contributed by atoms with E-state index < -0.39 is 0 Å². The number of hydrogen-bond acceptors (Lipinski definition) is 6. The summed E-state index contributed by atoms with van der Waals surface area (Å²) in [5, 5.41) is 7.09. The number of fused-ring (bicyclic) bond motifs is 3. The number of ether oxygens (including phenoxy) is 4. The summed E-state index contributed by atoms with van der Waals surface area (Å²) in [7, 11) is 3.27. The third kappa shape index (κ3) is 4.02. The molecule has 0 saturated heterocycles. The van der Waals surface area contributed by atoms with Gasteiger partial charge in [0.1, 0.15) is 11.5 Å². The van der Waals surface area contributed by atoms with Crippen LogP contribution in [-0.4, -0.2) is 31.5 Å². The zero-order valence-corrected chi connectivity index (χ0v) is 20.3. The minimum absolute atomic E-state index is 0.0610. The molecule has 170 valence electrons. The van der Waals surface area contributed by atoms with Gasteiger partial charge in [-0.3, -0.25) is 0 Å². The summed E-state index contributed by atoms with van der Waals surface area (Å²) >= 11 is 3.61. The van der Waals surface area contributed by atoms with Crippen molar-refractivity contribution in [1.82, 2.24) is 5.01 Å². The minimum atomic E-state index is -0.385. The topological polar surface area (TPSA) is 52.5 Å². The van der Waals surface area contributed by atoms with Crippen LogP contribution in [-0.2, 0) is 0 Å². The number of rotatable bonds is 6. The molecule has 0 aromatic heterocycles. The molecule has 5 rings (SSSR count). The SMILES string of the molecule is CCOc1ccc(C2=NN3[C@H](C2)c2cc(Br)ccc2O[C@H]3c2ccc(OC)c(OC)c2)cc1. The molecule has 0 saturated carbocycles. The first-order valence-corrected chi connectivity index (χ1v) is 11.7. The summed E-state index contributed by atoms with van der Waals surface area (Å²) in [6.07, 6.45) is 0.397. The number of halogens is 1. The highest BCUT2D eigenvalue weighted by atomic mass is 79.9. The number of methoxy groups -OCH3 is 2. The Morgan fingerprint density at radius 3 is 2.52 bits per heavy atom. The third-order valence-corrected chi connectivity index (χ3v) is 6.44. The second-order valence-corrected chi connectivity index (χ2v) is 8.79. The molecule has 0 bridgehead atoms. The Bertz CT molecular complexity index is 1200. The molecule has 2 atom stereocenters. The molecule has 2 aliphatic rings. The van der Waals surface area contributed by atoms with Crippen molar-refractivity contribution >= 4 is 21.6 Å². The van der Waals surface area contributed by atoms with Crippen LogP contribution < -0.4 is 18.9 Å². The highest BCUT2D eigenvalue weighted by molar-refractivity contribution is 9.10. The zero-order valence-electron chi connectivity index (χ0n) is 18.7. The quantitative estimate of drug-likeness (QED) is 0.402. The molecular formula is C26H25BrN2O4. The van der Waals surface area contributed by atoms with E-state index in [4.69, 9.17) is 24.0 Å². The van der Waals surface area contributed by atoms with Crippen molar-refractivity contribution < 1.29 is 18.9 Å². The molecule has 0 spiro atoms. The molecule has 2 aliphatic heterocycles. The van der Waals surface area contributed by atoms with Crippen LogP contribution in [0.5, 0.6) is 23.0 Å². The normalized spacial score (nSPS) is 18.7. The van der Waals surface area contributed by atoms with Crippen molar-refractivity contribution in [3.05, 3.63) is 81.8 Å². The van der Waals surface area contributed by atoms with Crippen molar-refractivity contribution in [2.45, 2.75) is 25.6 Å². The Morgan fingerprint density at radius 2 is 1.79 bits per heavy atom. The molecule has 3 aromatic carbocycles. The van der Waals surface area contributed by atoms with Crippen LogP contribution >= 0.6 is 15.9 Å². The predicted octanol–water partition coefficient (Wildman–Crippen LogP) is 6.11. The smallest absolute Gasteiger partial charge is 0.214 e. The fourth-order valence-electron chi connectivity index (χ4n) is 4.37. The van der Waals surface area contributed by atoms with Gasteiger partial charge in [0.15, 0.2) is 11.5 Å². The molecule has 0 amide bonds. The standard InChI is InChI=1S/C26H25BrN2O4/c1-4-32-19-9-5-16(6-10-19)21-15-22-20-14-18(27)8-12-23(20)33-26(29(22)28-21)17-7-11-24(30-2)25(13-17)31-3/h5-14,22,26H,4,15H2,1-3H3/t22-,26+/m1/s1. The lowest BCUT2D eigenvalue weighted by Crippen LogP contribution is -2.33. The van der Waals surface area contributed by atoms with E-state index in [-0.39, 0.29) is 12.3 Å². The van der Waals surface area contributed by atoms with Gasteiger partial charge in [-0.2, -0.15) is 5.10 Å². The van der Waals surface area contributed by atoms with Gasteiger partial charge < -0.3 is 18.9 Å². The Balaban J connectivity index is 1.55. The van der Waals surface area contributed by atoms with Crippen LogP contribution in [0.1, 0.15) is 42.3 Å². The Morgan fingerprint density at radius 1 is 1.00 bits per heavy atom. The van der Waals surface area contributed by atoms with E-state index in [9.17, 15) is 0 Å². The van der Waals surface area contributed by atoms with Crippen molar-refractivity contribution in [3.8, 4) is 23.0 Å². The average molecular weight is 509 g/mol. The van der Waals surface area contributed by atoms with E-state index in [2.05, 4.69) is 39.1 Å². The highest BCUT2D eigenvalue weighted by Gasteiger charge is 2.41. The highest BCUT2D eigenvalue weighted by Crippen LogP contribution is 2.49. The number of hydrazone groups is 1. The molecule has 33 heavy (non-hydrogen) atoms. The van der Waals surface area contributed by atoms with Gasteiger partial charge in [-0.25, -0.2) is 5.01 Å². The Hall–Kier alpha value is -3.19. The summed E-state index contributed by atoms with van der Waals surface area (Å²) in [6.45, 7) is 2.63. The number of hydrogen-bond donors (Lipinski definition) is 0. The van der Waals surface area contributed by atoms with Crippen molar-refractivity contribution in [2.75, 3.05) is 20.8 Å². The summed E-state index contributed by atoms with van der Waals surface area (Å²) in [6, 6.07) is 20.2. The van der Waals surface area contributed by atoms with Crippen molar-refractivity contribution in [2.24, 2.45) is 5.10 Å². The lowest BCUT2D eigenvalue weighted by atomic mass is 9.96. The average Bonchev–Trinajstić information content (AvgIpc) is 3.30. The van der Waals surface area contributed by atoms with Gasteiger partial charge in [0.25, 0.3) is 0 Å². The monoisotopic (exact) mass is 508 g/mol. The predicted molar refractivity (Wildman–Crippen MR) is 130 cm³/mol. The van der Waals surface area contributed by atoms with Crippen LogP contribution in [0.4, 0.5) is 0 Å². The second kappa shape index (κ2) is 8.98. The first kappa shape index (κ1) is 21.6. The molecule has 6 nitrogen and oxygen atoms in total. The Kier molecular flexibility index (Phi) is 5.89. The molecule has 2 heterocycles. The van der Waals surface area contributed by atoms with Gasteiger partial charge in [-0.05, 0) is 73.2 Å². The second-order valence-electron chi connectivity index (χ2n) is 7.87. The fraction of sp³-hybridized carbons (Fsp3) is 0.269. The molecular weight excluding hydrogens is 484 g/mol. The maximum Gasteiger partial charge on any atom is 0.214 e. The van der Waals surface area contributed by atoms with E-state index in [1.165, 1.54) is 0 Å². The first-order valence-electron chi connectivity index (χ1n) is 10.9. The summed E-state index contributed by atoms with van der Waals surface area (Å²) in [4.78, 5) is 0. The van der Waals surface area contributed by atoms with E-state index in [0.29, 0.717) is 18.1 Å². The maximum absolute atomic E-state index is 6.48. The largest absolute Gasteiger partial charge is 0.494 e. The van der Waals surface area contributed by atoms with Gasteiger partial charge >= 0.3 is 0 Å². The van der Waals surface area contributed by atoms with Crippen molar-refractivity contribution in [3.63, 3.8) is 0 Å². The van der Waals surface area contributed by atoms with Gasteiger partial charge in [-0.15, -0.1) is 0 Å². The van der Waals surface area contributed by atoms with Gasteiger partial charge in [-0.1, -0.05) is 15.9 Å². The lowest BCUT2D eigenvalue weighted by molar-refractivity contribution is -0.0192. The Labute approximate surface area is 201 Å². The molecule has 0 radical (unpaired) electrons. The van der Waals surface area contributed by atoms with E-state index in [0.717, 1.165) is 44.8 Å². The number of nitrogens with zero attached hydrogens (tertiary/aromatic N) is 2. The summed E-state index contributed by atoms with van der Waals surface area (Å²) in [5.74, 6) is 3.06. The van der Waals surface area contributed by atoms with E-state index in [1.807, 2.05) is 49.4 Å². The lowest BCUT2D eigenvalue weighted by Gasteiger charge is -2.38. The van der Waals surface area contributed by atoms with Gasteiger partial charge in [0, 0.05) is 22.0 Å². The van der Waals surface area contributed by atoms with Crippen LogP contribution in [0, 0.1) is 0 Å². The maximum atomic E-state index is 6.48. The fourth-order valence-corrected chi connectivity index (χ4v) is 4.75. The summed E-state index contributed by atoms with van der Waals surface area (Å²) < 4.78 is 24.0. The molecule has 0 unspecified atom stereocenters. The number of benzene rings is 3. The third-order valence-electron chi connectivity index (χ3n) is 5.94. The molecule has 0 fully saturated rings. The van der Waals surface area contributed by atoms with Gasteiger partial charge in [0.2, 0.25) is 6.23 Å². The molecule has 0 N–H and O–H groups in total. The van der Waals surface area contributed by atoms with Crippen molar-refractivity contribution in [1.29, 1.82) is 0 Å². The summed E-state index contributed by atoms with van der Waals surface area (Å²) in [5.41, 5.74) is 4.16. The van der Waals surface area contributed by atoms with Crippen LogP contribution in [0.25, 0.3) is 0 Å². The van der Waals surface area contributed by atoms with Crippen LogP contribution in [0.2, 0.25) is 0 Å². The van der Waals surface area contributed by atoms with Crippen LogP contribution in [0.15, 0.2) is 70.2 Å². The minimum Gasteiger partial charge on any atom is -0.494 e. The molecule has 7 heteroatoms. The van der Waals surface area contributed by atoms with E-state index >= 15 is 0 Å². The molecule has 3 aromatic rings.